The summed E-state index contributed by atoms with van der Waals surface area (Å²) >= 11 is 0. The molecule has 0 saturated heterocycles. The van der Waals surface area contributed by atoms with E-state index in [4.69, 9.17) is 5.73 Å². The predicted molar refractivity (Wildman–Crippen MR) is 47.3 cm³/mol. The van der Waals surface area contributed by atoms with Crippen LogP contribution in [0.15, 0.2) is 6.07 Å². The molecule has 0 radical (unpaired) electrons. The molecule has 0 aliphatic carbocycles. The van der Waals surface area contributed by atoms with E-state index in [1.165, 1.54) is 0 Å². The first kappa shape index (κ1) is 16.2. The molecule has 0 fully saturated rings. The third kappa shape index (κ3) is 3.02. The van der Waals surface area contributed by atoms with E-state index < -0.39 is 47.3 Å². The molecule has 1 aromatic carbocycles. The van der Waals surface area contributed by atoms with Crippen LogP contribution < -0.4 is 10.5 Å². The van der Waals surface area contributed by atoms with Crippen molar-refractivity contribution in [1.29, 1.82) is 0 Å². The summed E-state index contributed by atoms with van der Waals surface area (Å²) in [7, 11) is 0. The Hall–Kier alpha value is -1.81. The van der Waals surface area contributed by atoms with Gasteiger partial charge < -0.3 is 10.5 Å². The van der Waals surface area contributed by atoms with Crippen molar-refractivity contribution in [2.45, 2.75) is 18.5 Å². The highest BCUT2D eigenvalue weighted by Crippen LogP contribution is 2.39. The monoisotopic (exact) mass is 313 g/mol. The maximum Gasteiger partial charge on any atom is 0.439 e. The summed E-state index contributed by atoms with van der Waals surface area (Å²) in [4.78, 5) is 0. The number of hydrogen-bond donors (Lipinski definition) is 1. The average molecular weight is 313 g/mol. The molecular weight excluding hydrogens is 309 g/mol. The van der Waals surface area contributed by atoms with Crippen LogP contribution in [0.2, 0.25) is 0 Å². The van der Waals surface area contributed by atoms with E-state index in [0.717, 1.165) is 0 Å². The van der Waals surface area contributed by atoms with Crippen LogP contribution in [0.5, 0.6) is 5.75 Å². The smallest absolute Gasteiger partial charge is 0.424 e. The predicted octanol–water partition coefficient (Wildman–Crippen LogP) is 3.56. The minimum atomic E-state index is -6.05. The van der Waals surface area contributed by atoms with Crippen molar-refractivity contribution < 1.29 is 44.3 Å². The van der Waals surface area contributed by atoms with E-state index in [-0.39, 0.29) is 6.07 Å². The third-order valence-corrected chi connectivity index (χ3v) is 1.97. The third-order valence-electron chi connectivity index (χ3n) is 1.97. The number of nitrogens with two attached hydrogens (primary N) is 1. The van der Waals surface area contributed by atoms with Crippen LogP contribution >= 0.6 is 0 Å². The van der Waals surface area contributed by atoms with Crippen LogP contribution in [0.25, 0.3) is 0 Å². The van der Waals surface area contributed by atoms with Crippen molar-refractivity contribution >= 4 is 5.69 Å². The van der Waals surface area contributed by atoms with Gasteiger partial charge >= 0.3 is 12.3 Å². The van der Waals surface area contributed by atoms with Crippen LogP contribution in [0.4, 0.5) is 45.2 Å². The maximum absolute atomic E-state index is 13.1. The van der Waals surface area contributed by atoms with Gasteiger partial charge in [0.2, 0.25) is 11.6 Å². The Labute approximate surface area is 104 Å². The molecule has 1 aromatic rings. The van der Waals surface area contributed by atoms with Crippen molar-refractivity contribution in [3.05, 3.63) is 23.5 Å². The van der Waals surface area contributed by atoms with Crippen molar-refractivity contribution in [2.24, 2.45) is 0 Å². The Kier molecular flexibility index (Phi) is 4.02. The zero-order chi connectivity index (χ0) is 15.9. The topological polar surface area (TPSA) is 35.2 Å². The summed E-state index contributed by atoms with van der Waals surface area (Å²) in [5.74, 6) is -8.67. The highest BCUT2D eigenvalue weighted by molar-refractivity contribution is 5.46. The van der Waals surface area contributed by atoms with Crippen LogP contribution in [0.3, 0.4) is 0 Å². The molecule has 0 aliphatic rings. The van der Waals surface area contributed by atoms with Crippen molar-refractivity contribution in [3.8, 4) is 5.75 Å². The normalized spacial score (nSPS) is 14.2. The number of hydrogen-bond acceptors (Lipinski definition) is 2. The van der Waals surface area contributed by atoms with Gasteiger partial charge in [-0.1, -0.05) is 0 Å². The van der Waals surface area contributed by atoms with E-state index in [0.29, 0.717) is 0 Å². The molecule has 2 N–H and O–H groups in total. The minimum absolute atomic E-state index is 0.00927. The highest BCUT2D eigenvalue weighted by Gasteiger charge is 2.59. The van der Waals surface area contributed by atoms with Crippen LogP contribution in [-0.4, -0.2) is 18.5 Å². The Morgan fingerprint density at radius 2 is 1.50 bits per heavy atom. The number of nitrogen functional groups attached to an aromatic ring is 1. The Morgan fingerprint density at radius 3 is 1.95 bits per heavy atom. The fourth-order valence-corrected chi connectivity index (χ4v) is 1.07. The second-order valence-corrected chi connectivity index (χ2v) is 3.47. The lowest BCUT2D eigenvalue weighted by molar-refractivity contribution is -0.306. The van der Waals surface area contributed by atoms with Gasteiger partial charge in [-0.3, -0.25) is 0 Å². The summed E-state index contributed by atoms with van der Waals surface area (Å²) in [6, 6.07) is -0.00927. The van der Waals surface area contributed by atoms with Gasteiger partial charge in [0, 0.05) is 6.07 Å². The molecule has 114 valence electrons. The SMILES string of the molecule is Nc1cc(F)c(OC(F)(F)C(F)C(F)(F)F)c(F)c1F. The first-order chi connectivity index (χ1) is 8.88. The molecule has 0 saturated carbocycles. The van der Waals surface area contributed by atoms with E-state index >= 15 is 0 Å². The summed E-state index contributed by atoms with van der Waals surface area (Å²) in [6.07, 6.45) is -16.6. The molecule has 1 atom stereocenters. The molecule has 1 unspecified atom stereocenters. The Bertz CT molecular complexity index is 513. The average Bonchev–Trinajstić information content (AvgIpc) is 2.30. The molecule has 0 spiro atoms. The lowest BCUT2D eigenvalue weighted by atomic mass is 10.2. The molecule has 0 aromatic heterocycles. The van der Waals surface area contributed by atoms with Gasteiger partial charge in [-0.2, -0.15) is 26.3 Å². The quantitative estimate of drug-likeness (QED) is 0.526. The van der Waals surface area contributed by atoms with Crippen molar-refractivity contribution in [2.75, 3.05) is 5.73 Å². The molecule has 0 bridgehead atoms. The molecule has 2 nitrogen and oxygen atoms in total. The van der Waals surface area contributed by atoms with Gasteiger partial charge in [0.1, 0.15) is 0 Å². The Morgan fingerprint density at radius 1 is 1.00 bits per heavy atom. The fraction of sp³-hybridized carbons (Fsp3) is 0.333. The summed E-state index contributed by atoms with van der Waals surface area (Å²) in [5, 5.41) is 0. The number of ether oxygens (including phenoxy) is 1. The summed E-state index contributed by atoms with van der Waals surface area (Å²) in [5.41, 5.74) is 3.60. The highest BCUT2D eigenvalue weighted by atomic mass is 19.4. The number of rotatable bonds is 3. The molecule has 0 aliphatic heterocycles. The van der Waals surface area contributed by atoms with E-state index in [2.05, 4.69) is 4.74 Å². The standard InChI is InChI=1S/C9H4F9NO/c10-2-1-3(19)4(11)5(12)6(2)20-9(17,18)7(13)8(14,15)16/h1,7H,19H2. The molecule has 11 heteroatoms. The van der Waals surface area contributed by atoms with Crippen LogP contribution in [0.1, 0.15) is 0 Å². The van der Waals surface area contributed by atoms with Crippen molar-refractivity contribution in [1.82, 2.24) is 0 Å². The number of halogens is 9. The van der Waals surface area contributed by atoms with E-state index in [9.17, 15) is 39.5 Å². The fourth-order valence-electron chi connectivity index (χ4n) is 1.07. The first-order valence-corrected chi connectivity index (χ1v) is 4.58. The largest absolute Gasteiger partial charge is 0.439 e. The van der Waals surface area contributed by atoms with Gasteiger partial charge in [-0.25, -0.2) is 13.2 Å². The Balaban J connectivity index is 3.20. The molecule has 0 amide bonds. The van der Waals surface area contributed by atoms with Gasteiger partial charge in [0.05, 0.1) is 5.69 Å². The van der Waals surface area contributed by atoms with E-state index in [1.54, 1.807) is 0 Å². The molecule has 0 heterocycles. The zero-order valence-corrected chi connectivity index (χ0v) is 9.04. The van der Waals surface area contributed by atoms with Gasteiger partial charge in [0.15, 0.2) is 11.6 Å². The van der Waals surface area contributed by atoms with Gasteiger partial charge in [-0.05, 0) is 0 Å². The second-order valence-electron chi connectivity index (χ2n) is 3.47. The van der Waals surface area contributed by atoms with Crippen LogP contribution in [-0.2, 0) is 0 Å². The first-order valence-electron chi connectivity index (χ1n) is 4.58. The number of benzene rings is 1. The number of anilines is 1. The maximum atomic E-state index is 13.1. The lowest BCUT2D eigenvalue weighted by Gasteiger charge is -2.23. The zero-order valence-electron chi connectivity index (χ0n) is 9.04. The van der Waals surface area contributed by atoms with E-state index in [1.807, 2.05) is 0 Å². The second kappa shape index (κ2) is 4.94. The molecule has 20 heavy (non-hydrogen) atoms. The minimum Gasteiger partial charge on any atom is -0.424 e. The molecule has 1 rings (SSSR count). The summed E-state index contributed by atoms with van der Waals surface area (Å²) < 4.78 is 115. The van der Waals surface area contributed by atoms with Gasteiger partial charge in [-0.15, -0.1) is 0 Å². The number of alkyl halides is 6. The molecular formula is C9H4F9NO. The summed E-state index contributed by atoms with van der Waals surface area (Å²) in [6.45, 7) is 0. The van der Waals surface area contributed by atoms with Crippen molar-refractivity contribution in [3.63, 3.8) is 0 Å². The van der Waals surface area contributed by atoms with Gasteiger partial charge in [0.25, 0.3) is 6.17 Å². The lowest BCUT2D eigenvalue weighted by Crippen LogP contribution is -2.46. The van der Waals surface area contributed by atoms with Crippen LogP contribution in [0, 0.1) is 17.5 Å².